The number of aryl methyl sites for hydroxylation is 2. The van der Waals surface area contributed by atoms with Gasteiger partial charge < -0.3 is 4.40 Å². The predicted molar refractivity (Wildman–Crippen MR) is 72.3 cm³/mol. The molecule has 0 amide bonds. The molecule has 0 saturated carbocycles. The smallest absolute Gasteiger partial charge is 0.250 e. The number of aromatic nitrogens is 2. The van der Waals surface area contributed by atoms with Crippen molar-refractivity contribution in [3.05, 3.63) is 63.2 Å². The largest absolute Gasteiger partial charge is 0.306 e. The number of imidazole rings is 1. The summed E-state index contributed by atoms with van der Waals surface area (Å²) in [6.45, 7) is 4.10. The molecule has 0 fully saturated rings. The quantitative estimate of drug-likeness (QED) is 0.612. The summed E-state index contributed by atoms with van der Waals surface area (Å²) in [5.74, 6) is 0. The molecule has 96 valence electrons. The van der Waals surface area contributed by atoms with E-state index in [0.29, 0.717) is 6.42 Å². The highest BCUT2D eigenvalue weighted by Crippen LogP contribution is 2.28. The van der Waals surface area contributed by atoms with Crippen molar-refractivity contribution < 1.29 is 4.92 Å². The van der Waals surface area contributed by atoms with Crippen LogP contribution < -0.4 is 0 Å². The molecule has 0 radical (unpaired) electrons. The first-order chi connectivity index (χ1) is 9.04. The second-order valence-electron chi connectivity index (χ2n) is 4.81. The van der Waals surface area contributed by atoms with Crippen LogP contribution in [-0.2, 0) is 0 Å². The van der Waals surface area contributed by atoms with Gasteiger partial charge in [0.2, 0.25) is 0 Å². The van der Waals surface area contributed by atoms with Crippen LogP contribution in [0, 0.1) is 24.0 Å². The van der Waals surface area contributed by atoms with Gasteiger partial charge in [-0.1, -0.05) is 0 Å². The normalized spacial score (nSPS) is 14.6. The summed E-state index contributed by atoms with van der Waals surface area (Å²) >= 11 is 0. The molecule has 0 bridgehead atoms. The van der Waals surface area contributed by atoms with E-state index in [1.807, 2.05) is 29.8 Å². The SMILES string of the molecule is Cc1cc2nc(C3=CC=C([N+](=O)[O-])C3)cn2cc1C. The third-order valence-corrected chi connectivity index (χ3v) is 3.47. The van der Waals surface area contributed by atoms with Crippen LogP contribution in [0.5, 0.6) is 0 Å². The number of nitro groups is 1. The van der Waals surface area contributed by atoms with Crippen LogP contribution in [0.25, 0.3) is 11.2 Å². The van der Waals surface area contributed by atoms with Gasteiger partial charge in [-0.15, -0.1) is 0 Å². The van der Waals surface area contributed by atoms with Gasteiger partial charge in [-0.2, -0.15) is 0 Å². The van der Waals surface area contributed by atoms with Gasteiger partial charge in [0.25, 0.3) is 5.70 Å². The average Bonchev–Trinajstić information content (AvgIpc) is 2.95. The van der Waals surface area contributed by atoms with Crippen LogP contribution in [0.2, 0.25) is 0 Å². The van der Waals surface area contributed by atoms with Crippen LogP contribution in [0.3, 0.4) is 0 Å². The van der Waals surface area contributed by atoms with Crippen molar-refractivity contribution in [2.24, 2.45) is 0 Å². The number of nitrogens with zero attached hydrogens (tertiary/aromatic N) is 3. The fourth-order valence-corrected chi connectivity index (χ4v) is 2.20. The van der Waals surface area contributed by atoms with E-state index in [-0.39, 0.29) is 10.6 Å². The molecule has 0 atom stereocenters. The summed E-state index contributed by atoms with van der Waals surface area (Å²) in [4.78, 5) is 14.9. The van der Waals surface area contributed by atoms with Gasteiger partial charge in [0.05, 0.1) is 17.0 Å². The van der Waals surface area contributed by atoms with Crippen LogP contribution in [0.1, 0.15) is 23.2 Å². The Balaban J connectivity index is 1.98. The highest BCUT2D eigenvalue weighted by atomic mass is 16.6. The molecule has 2 aromatic rings. The Labute approximate surface area is 110 Å². The zero-order valence-corrected chi connectivity index (χ0v) is 10.8. The molecule has 0 saturated heterocycles. The monoisotopic (exact) mass is 255 g/mol. The molecule has 5 heteroatoms. The molecule has 5 nitrogen and oxygen atoms in total. The molecule has 3 rings (SSSR count). The van der Waals surface area contributed by atoms with Crippen LogP contribution in [0.15, 0.2) is 36.3 Å². The van der Waals surface area contributed by atoms with E-state index in [1.165, 1.54) is 11.1 Å². The lowest BCUT2D eigenvalue weighted by Gasteiger charge is -1.99. The number of allylic oxidation sites excluding steroid dienone is 3. The standard InChI is InChI=1S/C14H13N3O2/c1-9-5-14-15-13(8-16(14)7-10(9)2)11-3-4-12(6-11)17(18)19/h3-5,7-8H,6H2,1-2H3. The number of rotatable bonds is 2. The average molecular weight is 255 g/mol. The lowest BCUT2D eigenvalue weighted by molar-refractivity contribution is -0.425. The Morgan fingerprint density at radius 3 is 2.74 bits per heavy atom. The summed E-state index contributed by atoms with van der Waals surface area (Å²) in [6.07, 6.45) is 7.62. The van der Waals surface area contributed by atoms with Gasteiger partial charge in [-0.3, -0.25) is 10.1 Å². The number of hydrogen-bond acceptors (Lipinski definition) is 3. The third kappa shape index (κ3) is 1.93. The van der Waals surface area contributed by atoms with E-state index in [9.17, 15) is 10.1 Å². The Morgan fingerprint density at radius 1 is 1.26 bits per heavy atom. The summed E-state index contributed by atoms with van der Waals surface area (Å²) in [5.41, 5.74) is 5.17. The minimum absolute atomic E-state index is 0.222. The second kappa shape index (κ2) is 4.05. The van der Waals surface area contributed by atoms with Crippen molar-refractivity contribution in [3.8, 4) is 0 Å². The van der Waals surface area contributed by atoms with Crippen molar-refractivity contribution >= 4 is 11.2 Å². The Hall–Kier alpha value is -2.43. The van der Waals surface area contributed by atoms with Crippen molar-refractivity contribution in [1.82, 2.24) is 9.38 Å². The predicted octanol–water partition coefficient (Wildman–Crippen LogP) is 2.90. The van der Waals surface area contributed by atoms with Gasteiger partial charge in [-0.25, -0.2) is 4.98 Å². The lowest BCUT2D eigenvalue weighted by atomic mass is 10.2. The Morgan fingerprint density at radius 2 is 2.05 bits per heavy atom. The van der Waals surface area contributed by atoms with E-state index in [0.717, 1.165) is 16.9 Å². The van der Waals surface area contributed by atoms with E-state index in [4.69, 9.17) is 0 Å². The maximum absolute atomic E-state index is 10.7. The Kier molecular flexibility index (Phi) is 2.48. The van der Waals surface area contributed by atoms with Crippen molar-refractivity contribution in [1.29, 1.82) is 0 Å². The zero-order chi connectivity index (χ0) is 13.6. The zero-order valence-electron chi connectivity index (χ0n) is 10.8. The molecular formula is C14H13N3O2. The maximum atomic E-state index is 10.7. The lowest BCUT2D eigenvalue weighted by Crippen LogP contribution is -1.96. The van der Waals surface area contributed by atoms with Gasteiger partial charge in [0.1, 0.15) is 5.65 Å². The van der Waals surface area contributed by atoms with Crippen molar-refractivity contribution in [3.63, 3.8) is 0 Å². The van der Waals surface area contributed by atoms with Crippen LogP contribution in [0.4, 0.5) is 0 Å². The summed E-state index contributed by atoms with van der Waals surface area (Å²) in [7, 11) is 0. The van der Waals surface area contributed by atoms with Crippen LogP contribution >= 0.6 is 0 Å². The van der Waals surface area contributed by atoms with Crippen LogP contribution in [-0.4, -0.2) is 14.3 Å². The van der Waals surface area contributed by atoms with E-state index >= 15 is 0 Å². The topological polar surface area (TPSA) is 60.4 Å². The molecule has 2 aromatic heterocycles. The molecule has 19 heavy (non-hydrogen) atoms. The molecule has 0 unspecified atom stereocenters. The fourth-order valence-electron chi connectivity index (χ4n) is 2.20. The highest BCUT2D eigenvalue weighted by Gasteiger charge is 2.20. The maximum Gasteiger partial charge on any atom is 0.250 e. The number of pyridine rings is 1. The molecule has 1 aliphatic rings. The molecular weight excluding hydrogens is 242 g/mol. The first-order valence-electron chi connectivity index (χ1n) is 6.05. The Bertz CT molecular complexity index is 714. The molecule has 0 aromatic carbocycles. The number of fused-ring (bicyclic) bond motifs is 1. The minimum atomic E-state index is -0.340. The van der Waals surface area contributed by atoms with E-state index in [2.05, 4.69) is 11.9 Å². The number of hydrogen-bond donors (Lipinski definition) is 0. The first kappa shape index (κ1) is 11.6. The highest BCUT2D eigenvalue weighted by molar-refractivity contribution is 5.70. The second-order valence-corrected chi connectivity index (χ2v) is 4.81. The van der Waals surface area contributed by atoms with Crippen molar-refractivity contribution in [2.75, 3.05) is 0 Å². The molecule has 0 N–H and O–H groups in total. The summed E-state index contributed by atoms with van der Waals surface area (Å²) < 4.78 is 1.96. The third-order valence-electron chi connectivity index (χ3n) is 3.47. The summed E-state index contributed by atoms with van der Waals surface area (Å²) in [6, 6.07) is 2.02. The summed E-state index contributed by atoms with van der Waals surface area (Å²) in [5, 5.41) is 10.7. The molecule has 0 aliphatic heterocycles. The molecule has 2 heterocycles. The van der Waals surface area contributed by atoms with E-state index in [1.54, 1.807) is 12.2 Å². The van der Waals surface area contributed by atoms with Crippen molar-refractivity contribution in [2.45, 2.75) is 20.3 Å². The van der Waals surface area contributed by atoms with Gasteiger partial charge in [0, 0.05) is 18.5 Å². The molecule has 1 aliphatic carbocycles. The van der Waals surface area contributed by atoms with Gasteiger partial charge in [0.15, 0.2) is 0 Å². The van der Waals surface area contributed by atoms with Gasteiger partial charge in [-0.05, 0) is 42.7 Å². The van der Waals surface area contributed by atoms with E-state index < -0.39 is 0 Å². The van der Waals surface area contributed by atoms with Gasteiger partial charge >= 0.3 is 0 Å². The fraction of sp³-hybridized carbons (Fsp3) is 0.214. The first-order valence-corrected chi connectivity index (χ1v) is 6.05. The molecule has 0 spiro atoms. The minimum Gasteiger partial charge on any atom is -0.306 e.